The van der Waals surface area contributed by atoms with E-state index in [1.807, 2.05) is 31.2 Å². The highest BCUT2D eigenvalue weighted by molar-refractivity contribution is 7.13. The van der Waals surface area contributed by atoms with Gasteiger partial charge in [-0.2, -0.15) is 0 Å². The van der Waals surface area contributed by atoms with Gasteiger partial charge in [-0.05, 0) is 31.4 Å². The number of hydrogen-bond acceptors (Lipinski definition) is 7. The van der Waals surface area contributed by atoms with Gasteiger partial charge in [-0.1, -0.05) is 6.07 Å². The summed E-state index contributed by atoms with van der Waals surface area (Å²) in [5, 5.41) is 10.2. The van der Waals surface area contributed by atoms with Gasteiger partial charge in [0.1, 0.15) is 17.8 Å². The summed E-state index contributed by atoms with van der Waals surface area (Å²) in [6.45, 7) is 4.12. The lowest BCUT2D eigenvalue weighted by molar-refractivity contribution is 0.415. The Bertz CT molecular complexity index is 997. The number of rotatable bonds is 4. The molecule has 134 valence electrons. The van der Waals surface area contributed by atoms with E-state index in [1.165, 1.54) is 5.56 Å². The minimum atomic E-state index is -0.0256. The van der Waals surface area contributed by atoms with Gasteiger partial charge in [-0.3, -0.25) is 4.98 Å². The third-order valence-corrected chi connectivity index (χ3v) is 5.51. The van der Waals surface area contributed by atoms with Gasteiger partial charge >= 0.3 is 0 Å². The van der Waals surface area contributed by atoms with Crippen LogP contribution in [0.25, 0.3) is 10.9 Å². The number of nitrogens with one attached hydrogen (secondary N) is 2. The summed E-state index contributed by atoms with van der Waals surface area (Å²) in [7, 11) is 1.67. The Morgan fingerprint density at radius 2 is 2.23 bits per heavy atom. The molecule has 2 aromatic heterocycles. The summed E-state index contributed by atoms with van der Waals surface area (Å²) in [5.74, 6) is 1.40. The number of amidine groups is 1. The Hall–Kier alpha value is -2.80. The van der Waals surface area contributed by atoms with Crippen molar-refractivity contribution in [3.8, 4) is 5.75 Å². The molecule has 0 aliphatic carbocycles. The molecule has 3 heterocycles. The van der Waals surface area contributed by atoms with Crippen LogP contribution in [-0.2, 0) is 0 Å². The molecule has 4 N–H and O–H groups in total. The number of aromatic nitrogens is 1. The molecule has 7 heteroatoms. The van der Waals surface area contributed by atoms with E-state index in [9.17, 15) is 0 Å². The second-order valence-electron chi connectivity index (χ2n) is 6.35. The highest BCUT2D eigenvalue weighted by Crippen LogP contribution is 2.38. The minimum absolute atomic E-state index is 0.0256. The number of ether oxygens (including phenoxy) is 1. The fraction of sp³-hybridized carbons (Fsp3) is 0.263. The van der Waals surface area contributed by atoms with Crippen LogP contribution in [0, 0.1) is 0 Å². The summed E-state index contributed by atoms with van der Waals surface area (Å²) < 4.78 is 5.44. The SMILES string of the molecule is COc1cc(NC(C)c2csc3c2NC(C)N=C3N)c2ncccc2c1. The molecule has 0 saturated carbocycles. The standard InChI is InChI=1S/C19H21N5OS/c1-10(14-9-26-18-17(14)23-11(2)24-19(18)20)22-15-8-13(25-3)7-12-5-4-6-21-16(12)15/h4-11,22-23H,1-3H3,(H2,20,24). The number of benzene rings is 1. The lowest BCUT2D eigenvalue weighted by Gasteiger charge is -2.23. The average Bonchev–Trinajstić information content (AvgIpc) is 3.05. The van der Waals surface area contributed by atoms with Crippen LogP contribution in [0.1, 0.15) is 30.3 Å². The van der Waals surface area contributed by atoms with Crippen molar-refractivity contribution in [3.05, 3.63) is 46.3 Å². The van der Waals surface area contributed by atoms with Gasteiger partial charge in [0.15, 0.2) is 0 Å². The highest BCUT2D eigenvalue weighted by Gasteiger charge is 2.24. The van der Waals surface area contributed by atoms with E-state index in [-0.39, 0.29) is 12.2 Å². The van der Waals surface area contributed by atoms with Gasteiger partial charge < -0.3 is 21.1 Å². The number of nitrogens with zero attached hydrogens (tertiary/aromatic N) is 2. The number of methoxy groups -OCH3 is 1. The zero-order chi connectivity index (χ0) is 18.3. The average molecular weight is 367 g/mol. The van der Waals surface area contributed by atoms with Crippen LogP contribution in [0.3, 0.4) is 0 Å². The molecule has 6 nitrogen and oxygen atoms in total. The van der Waals surface area contributed by atoms with E-state index in [0.29, 0.717) is 5.84 Å². The molecule has 26 heavy (non-hydrogen) atoms. The number of fused-ring (bicyclic) bond motifs is 2. The molecule has 1 aromatic carbocycles. The van der Waals surface area contributed by atoms with Crippen molar-refractivity contribution >= 4 is 39.5 Å². The summed E-state index contributed by atoms with van der Waals surface area (Å²) in [5.41, 5.74) is 10.2. The van der Waals surface area contributed by atoms with Gasteiger partial charge in [0.2, 0.25) is 0 Å². The van der Waals surface area contributed by atoms with Crippen molar-refractivity contribution in [1.29, 1.82) is 0 Å². The summed E-state index contributed by atoms with van der Waals surface area (Å²) in [4.78, 5) is 9.92. The molecule has 2 unspecified atom stereocenters. The number of aliphatic imine (C=N–C) groups is 1. The Morgan fingerprint density at radius 3 is 3.04 bits per heavy atom. The summed E-state index contributed by atoms with van der Waals surface area (Å²) in [6, 6.07) is 8.00. The highest BCUT2D eigenvalue weighted by atomic mass is 32.1. The Labute approximate surface area is 156 Å². The third kappa shape index (κ3) is 2.84. The van der Waals surface area contributed by atoms with Crippen molar-refractivity contribution in [1.82, 2.24) is 4.98 Å². The molecular weight excluding hydrogens is 346 g/mol. The van der Waals surface area contributed by atoms with Crippen LogP contribution < -0.4 is 21.1 Å². The second kappa shape index (κ2) is 6.49. The second-order valence-corrected chi connectivity index (χ2v) is 7.23. The molecule has 0 spiro atoms. The van der Waals surface area contributed by atoms with E-state index in [1.54, 1.807) is 24.6 Å². The van der Waals surface area contributed by atoms with Crippen molar-refractivity contribution in [2.75, 3.05) is 17.7 Å². The molecule has 0 radical (unpaired) electrons. The fourth-order valence-corrected chi connectivity index (χ4v) is 4.27. The molecule has 1 aliphatic heterocycles. The number of nitrogens with two attached hydrogens (primary N) is 1. The van der Waals surface area contributed by atoms with E-state index < -0.39 is 0 Å². The molecule has 0 bridgehead atoms. The maximum absolute atomic E-state index is 6.09. The number of pyridine rings is 1. The first-order chi connectivity index (χ1) is 12.6. The molecule has 1 aliphatic rings. The van der Waals surface area contributed by atoms with Gasteiger partial charge in [0, 0.05) is 23.2 Å². The van der Waals surface area contributed by atoms with Crippen LogP contribution in [0.15, 0.2) is 40.8 Å². The van der Waals surface area contributed by atoms with E-state index >= 15 is 0 Å². The maximum Gasteiger partial charge on any atom is 0.140 e. The largest absolute Gasteiger partial charge is 0.497 e. The van der Waals surface area contributed by atoms with Crippen LogP contribution in [0.4, 0.5) is 11.4 Å². The van der Waals surface area contributed by atoms with Crippen LogP contribution in [-0.4, -0.2) is 24.1 Å². The first-order valence-electron chi connectivity index (χ1n) is 8.47. The van der Waals surface area contributed by atoms with Crippen molar-refractivity contribution in [3.63, 3.8) is 0 Å². The normalized spacial score (nSPS) is 17.2. The molecule has 0 amide bonds. The van der Waals surface area contributed by atoms with Crippen LogP contribution in [0.2, 0.25) is 0 Å². The molecule has 4 rings (SSSR count). The minimum Gasteiger partial charge on any atom is -0.497 e. The first kappa shape index (κ1) is 16.7. The topological polar surface area (TPSA) is 84.6 Å². The molecule has 0 saturated heterocycles. The quantitative estimate of drug-likeness (QED) is 0.650. The third-order valence-electron chi connectivity index (χ3n) is 4.49. The zero-order valence-electron chi connectivity index (χ0n) is 14.9. The Morgan fingerprint density at radius 1 is 1.38 bits per heavy atom. The summed E-state index contributed by atoms with van der Waals surface area (Å²) in [6.07, 6.45) is 1.78. The smallest absolute Gasteiger partial charge is 0.140 e. The van der Waals surface area contributed by atoms with E-state index in [2.05, 4.69) is 32.9 Å². The van der Waals surface area contributed by atoms with Gasteiger partial charge in [0.05, 0.1) is 34.9 Å². The van der Waals surface area contributed by atoms with Gasteiger partial charge in [-0.25, -0.2) is 4.99 Å². The predicted octanol–water partition coefficient (Wildman–Crippen LogP) is 3.95. The molecular formula is C19H21N5OS. The first-order valence-corrected chi connectivity index (χ1v) is 9.35. The monoisotopic (exact) mass is 367 g/mol. The summed E-state index contributed by atoms with van der Waals surface area (Å²) >= 11 is 1.61. The van der Waals surface area contributed by atoms with Gasteiger partial charge in [0.25, 0.3) is 0 Å². The Balaban J connectivity index is 1.71. The fourth-order valence-electron chi connectivity index (χ4n) is 3.24. The molecule has 2 atom stereocenters. The molecule has 0 fully saturated rings. The van der Waals surface area contributed by atoms with Crippen LogP contribution in [0.5, 0.6) is 5.75 Å². The number of thiophene rings is 1. The van der Waals surface area contributed by atoms with E-state index in [4.69, 9.17) is 10.5 Å². The van der Waals surface area contributed by atoms with Crippen LogP contribution >= 0.6 is 11.3 Å². The number of hydrogen-bond donors (Lipinski definition) is 3. The lowest BCUT2D eigenvalue weighted by Crippen LogP contribution is -2.27. The van der Waals surface area contributed by atoms with Crippen molar-refractivity contribution in [2.45, 2.75) is 26.1 Å². The van der Waals surface area contributed by atoms with E-state index in [0.717, 1.165) is 32.9 Å². The van der Waals surface area contributed by atoms with Gasteiger partial charge in [-0.15, -0.1) is 11.3 Å². The van der Waals surface area contributed by atoms with Crippen molar-refractivity contribution < 1.29 is 4.74 Å². The lowest BCUT2D eigenvalue weighted by atomic mass is 10.1. The molecule has 3 aromatic rings. The maximum atomic E-state index is 6.09. The predicted molar refractivity (Wildman–Crippen MR) is 108 cm³/mol. The van der Waals surface area contributed by atoms with Crippen molar-refractivity contribution in [2.24, 2.45) is 10.7 Å². The zero-order valence-corrected chi connectivity index (χ0v) is 15.7. The Kier molecular flexibility index (Phi) is 4.16. The number of anilines is 2.